The molecule has 2 aromatic carbocycles. The fourth-order valence-corrected chi connectivity index (χ4v) is 3.87. The van der Waals surface area contributed by atoms with E-state index in [9.17, 15) is 14.4 Å². The predicted molar refractivity (Wildman–Crippen MR) is 114 cm³/mol. The van der Waals surface area contributed by atoms with Crippen LogP contribution in [0, 0.1) is 13.8 Å². The first-order valence-electron chi connectivity index (χ1n) is 9.76. The summed E-state index contributed by atoms with van der Waals surface area (Å²) in [4.78, 5) is 41.6. The Morgan fingerprint density at radius 2 is 1.62 bits per heavy atom. The molecule has 1 saturated heterocycles. The number of nitrogens with one attached hydrogen (secondary N) is 1. The smallest absolute Gasteiger partial charge is 0.273 e. The first-order chi connectivity index (χ1) is 14.0. The second kappa shape index (κ2) is 7.58. The third-order valence-electron chi connectivity index (χ3n) is 5.73. The Bertz CT molecular complexity index is 1190. The van der Waals surface area contributed by atoms with Gasteiger partial charge >= 0.3 is 0 Å². The third-order valence-corrected chi connectivity index (χ3v) is 5.73. The van der Waals surface area contributed by atoms with E-state index < -0.39 is 0 Å². The predicted octanol–water partition coefficient (Wildman–Crippen LogP) is 1.66. The van der Waals surface area contributed by atoms with Crippen LogP contribution in [0.1, 0.15) is 11.1 Å². The topological polar surface area (TPSA) is 78.4 Å². The van der Waals surface area contributed by atoms with Crippen molar-refractivity contribution in [1.82, 2.24) is 14.7 Å². The number of aromatic nitrogens is 2. The summed E-state index contributed by atoms with van der Waals surface area (Å²) in [7, 11) is 0. The van der Waals surface area contributed by atoms with Gasteiger partial charge in [0.2, 0.25) is 5.91 Å². The minimum atomic E-state index is -0.368. The molecule has 7 heteroatoms. The Labute approximate surface area is 168 Å². The van der Waals surface area contributed by atoms with Gasteiger partial charge in [0.15, 0.2) is 0 Å². The Morgan fingerprint density at radius 3 is 2.34 bits per heavy atom. The average Bonchev–Trinajstić information content (AvgIpc) is 2.74. The fourth-order valence-electron chi connectivity index (χ4n) is 3.87. The van der Waals surface area contributed by atoms with E-state index in [1.165, 1.54) is 16.8 Å². The molecule has 0 aliphatic carbocycles. The van der Waals surface area contributed by atoms with Gasteiger partial charge in [-0.2, -0.15) is 0 Å². The number of carbonyl (C=O) groups excluding carboxylic acids is 1. The van der Waals surface area contributed by atoms with Crippen molar-refractivity contribution in [3.05, 3.63) is 74.3 Å². The molecule has 2 heterocycles. The van der Waals surface area contributed by atoms with E-state index >= 15 is 0 Å². The molecule has 1 fully saturated rings. The Hall–Kier alpha value is -3.35. The third kappa shape index (κ3) is 3.55. The van der Waals surface area contributed by atoms with Crippen molar-refractivity contribution in [2.75, 3.05) is 31.1 Å². The quantitative estimate of drug-likeness (QED) is 0.735. The summed E-state index contributed by atoms with van der Waals surface area (Å²) < 4.78 is 1.12. The molecule has 150 valence electrons. The molecule has 0 unspecified atom stereocenters. The number of hydrogen-bond acceptors (Lipinski definition) is 4. The number of carbonyl (C=O) groups is 1. The number of aromatic amines is 1. The first kappa shape index (κ1) is 19.0. The second-order valence-electron chi connectivity index (χ2n) is 7.46. The molecule has 7 nitrogen and oxygen atoms in total. The van der Waals surface area contributed by atoms with Crippen molar-refractivity contribution in [1.29, 1.82) is 0 Å². The number of hydrogen-bond donors (Lipinski definition) is 1. The maximum Gasteiger partial charge on any atom is 0.273 e. The van der Waals surface area contributed by atoms with Gasteiger partial charge in [-0.3, -0.25) is 19.5 Å². The molecule has 29 heavy (non-hydrogen) atoms. The van der Waals surface area contributed by atoms with Crippen LogP contribution >= 0.6 is 0 Å². The molecular formula is C22H24N4O3. The number of nitrogens with zero attached hydrogens (tertiary/aromatic N) is 3. The van der Waals surface area contributed by atoms with E-state index in [-0.39, 0.29) is 23.6 Å². The summed E-state index contributed by atoms with van der Waals surface area (Å²) in [6.07, 6.45) is 0. The maximum absolute atomic E-state index is 12.8. The number of rotatable bonds is 3. The summed E-state index contributed by atoms with van der Waals surface area (Å²) >= 11 is 0. The summed E-state index contributed by atoms with van der Waals surface area (Å²) in [5.41, 5.74) is 2.98. The zero-order chi connectivity index (χ0) is 20.5. The van der Waals surface area contributed by atoms with Gasteiger partial charge in [-0.1, -0.05) is 24.3 Å². The maximum atomic E-state index is 12.8. The van der Waals surface area contributed by atoms with Gasteiger partial charge in [-0.05, 0) is 43.2 Å². The summed E-state index contributed by atoms with van der Waals surface area (Å²) in [5, 5.41) is 3.19. The molecule has 3 aromatic rings. The minimum absolute atomic E-state index is 0.164. The average molecular weight is 392 g/mol. The molecule has 4 rings (SSSR count). The Kier molecular flexibility index (Phi) is 4.96. The molecular weight excluding hydrogens is 368 g/mol. The highest BCUT2D eigenvalue weighted by molar-refractivity contribution is 5.81. The SMILES string of the molecule is Cc1cccc(N2CCN(C(=O)Cn3[nH]c(=O)c4ccccc4c3=O)CC2)c1C. The highest BCUT2D eigenvalue weighted by Crippen LogP contribution is 2.23. The van der Waals surface area contributed by atoms with Gasteiger partial charge in [0.05, 0.1) is 10.8 Å². The highest BCUT2D eigenvalue weighted by Gasteiger charge is 2.23. The van der Waals surface area contributed by atoms with E-state index in [1.54, 1.807) is 29.2 Å². The number of aryl methyl sites for hydroxylation is 1. The van der Waals surface area contributed by atoms with Crippen LogP contribution in [-0.2, 0) is 11.3 Å². The first-order valence-corrected chi connectivity index (χ1v) is 9.76. The highest BCUT2D eigenvalue weighted by atomic mass is 16.2. The molecule has 0 saturated carbocycles. The molecule has 0 spiro atoms. The van der Waals surface area contributed by atoms with Gasteiger partial charge in [-0.25, -0.2) is 4.68 Å². The summed E-state index contributed by atoms with van der Waals surface area (Å²) in [6.45, 7) is 6.68. The van der Waals surface area contributed by atoms with Gasteiger partial charge < -0.3 is 9.80 Å². The van der Waals surface area contributed by atoms with Crippen molar-refractivity contribution >= 4 is 22.4 Å². The van der Waals surface area contributed by atoms with Crippen LogP contribution in [0.3, 0.4) is 0 Å². The molecule has 0 bridgehead atoms. The number of fused-ring (bicyclic) bond motifs is 1. The summed E-state index contributed by atoms with van der Waals surface area (Å²) in [6, 6.07) is 12.9. The minimum Gasteiger partial charge on any atom is -0.368 e. The van der Waals surface area contributed by atoms with Crippen LogP contribution in [0.2, 0.25) is 0 Å². The van der Waals surface area contributed by atoms with E-state index in [4.69, 9.17) is 0 Å². The fraction of sp³-hybridized carbons (Fsp3) is 0.318. The number of amides is 1. The van der Waals surface area contributed by atoms with Crippen LogP contribution in [0.4, 0.5) is 5.69 Å². The van der Waals surface area contributed by atoms with Crippen molar-refractivity contribution in [2.24, 2.45) is 0 Å². The molecule has 1 aromatic heterocycles. The number of benzene rings is 2. The lowest BCUT2D eigenvalue weighted by Gasteiger charge is -2.37. The van der Waals surface area contributed by atoms with E-state index in [2.05, 4.69) is 42.0 Å². The van der Waals surface area contributed by atoms with Crippen LogP contribution in [0.25, 0.3) is 10.8 Å². The molecule has 1 aliphatic heterocycles. The van der Waals surface area contributed by atoms with E-state index in [0.29, 0.717) is 23.9 Å². The Morgan fingerprint density at radius 1 is 0.931 bits per heavy atom. The molecule has 0 radical (unpaired) electrons. The molecule has 1 amide bonds. The zero-order valence-corrected chi connectivity index (χ0v) is 16.6. The van der Waals surface area contributed by atoms with Gasteiger partial charge in [0, 0.05) is 31.9 Å². The second-order valence-corrected chi connectivity index (χ2v) is 7.46. The number of anilines is 1. The van der Waals surface area contributed by atoms with E-state index in [1.807, 2.05) is 0 Å². The normalized spacial score (nSPS) is 14.4. The van der Waals surface area contributed by atoms with Crippen molar-refractivity contribution in [3.8, 4) is 0 Å². The van der Waals surface area contributed by atoms with Gasteiger partial charge in [0.25, 0.3) is 11.1 Å². The standard InChI is InChI=1S/C22H24N4O3/c1-15-6-5-9-19(16(15)2)24-10-12-25(13-11-24)20(27)14-26-22(29)18-8-4-3-7-17(18)21(28)23-26/h3-9H,10-14H2,1-2H3,(H,23,28). The summed E-state index contributed by atoms with van der Waals surface area (Å²) in [5.74, 6) is -0.168. The molecule has 1 aliphatic rings. The van der Waals surface area contributed by atoms with Crippen LogP contribution in [0.5, 0.6) is 0 Å². The lowest BCUT2D eigenvalue weighted by molar-refractivity contribution is -0.132. The van der Waals surface area contributed by atoms with Gasteiger partial charge in [-0.15, -0.1) is 0 Å². The number of piperazine rings is 1. The van der Waals surface area contributed by atoms with Crippen LogP contribution in [0.15, 0.2) is 52.1 Å². The van der Waals surface area contributed by atoms with Crippen LogP contribution < -0.4 is 16.0 Å². The largest absolute Gasteiger partial charge is 0.368 e. The van der Waals surface area contributed by atoms with Gasteiger partial charge in [0.1, 0.15) is 6.54 Å². The van der Waals surface area contributed by atoms with Crippen LogP contribution in [-0.4, -0.2) is 46.8 Å². The van der Waals surface area contributed by atoms with Crippen molar-refractivity contribution in [3.63, 3.8) is 0 Å². The lowest BCUT2D eigenvalue weighted by atomic mass is 10.1. The monoisotopic (exact) mass is 392 g/mol. The van der Waals surface area contributed by atoms with Crippen molar-refractivity contribution in [2.45, 2.75) is 20.4 Å². The molecule has 1 N–H and O–H groups in total. The Balaban J connectivity index is 1.48. The van der Waals surface area contributed by atoms with E-state index in [0.717, 1.165) is 17.8 Å². The molecule has 0 atom stereocenters. The lowest BCUT2D eigenvalue weighted by Crippen LogP contribution is -2.50. The number of H-pyrrole nitrogens is 1. The zero-order valence-electron chi connectivity index (χ0n) is 16.6. The van der Waals surface area contributed by atoms with Crippen molar-refractivity contribution < 1.29 is 4.79 Å².